The van der Waals surface area contributed by atoms with Crippen LogP contribution in [0.25, 0.3) is 0 Å². The van der Waals surface area contributed by atoms with Crippen LogP contribution in [0.15, 0.2) is 30.3 Å². The summed E-state index contributed by atoms with van der Waals surface area (Å²) in [5, 5.41) is 114. The molecule has 1 aromatic carbocycles. The molecule has 5 rings (SSSR count). The zero-order valence-corrected chi connectivity index (χ0v) is 46.5. The van der Waals surface area contributed by atoms with E-state index in [0.717, 1.165) is 13.8 Å². The molecule has 4 saturated heterocycles. The first kappa shape index (κ1) is 66.4. The zero-order chi connectivity index (χ0) is 54.0. The number of ether oxygens (including phenoxy) is 8. The van der Waals surface area contributed by atoms with Crippen LogP contribution in [0.3, 0.4) is 0 Å². The van der Waals surface area contributed by atoms with Crippen molar-refractivity contribution in [1.82, 2.24) is 26.6 Å². The van der Waals surface area contributed by atoms with Crippen molar-refractivity contribution in [2.24, 2.45) is 5.92 Å². The molecule has 8 unspecified atom stereocenters. The van der Waals surface area contributed by atoms with Crippen LogP contribution in [0, 0.1) is 5.92 Å². The average molecular weight is 1110 g/mol. The first-order chi connectivity index (χ1) is 34.5. The second kappa shape index (κ2) is 30.5. The first-order valence-electron chi connectivity index (χ1n) is 22.9. The summed E-state index contributed by atoms with van der Waals surface area (Å²) in [5.74, 6) is -8.06. The van der Waals surface area contributed by atoms with Crippen LogP contribution in [-0.2, 0) is 61.9 Å². The van der Waals surface area contributed by atoms with Crippen LogP contribution in [0.2, 0.25) is 0 Å². The summed E-state index contributed by atoms with van der Waals surface area (Å²) >= 11 is 4.12. The quantitative estimate of drug-likeness (QED) is 0.0328. The summed E-state index contributed by atoms with van der Waals surface area (Å²) in [4.78, 5) is 87.8. The van der Waals surface area contributed by atoms with Crippen molar-refractivity contribution in [1.29, 1.82) is 0 Å². The number of nitrogens with one attached hydrogen (secondary N) is 5. The van der Waals surface area contributed by atoms with Crippen LogP contribution in [0.5, 0.6) is 0 Å². The van der Waals surface area contributed by atoms with Gasteiger partial charge in [-0.05, 0) is 19.1 Å². The van der Waals surface area contributed by atoms with Crippen LogP contribution in [0.1, 0.15) is 38.1 Å². The standard InChI is InChI=1S/C43H63N5O24S.2Na/c1-15-25(52)29(56)41(68-31(15)38(60)61)70-33-24(47-18(4)51)40(67-22(27(33)54)13-65-43(64)45-11-10-44-37(59)20(14-73)48-36(58)19-8-6-5-7-9-19)71-34-28(55)30(57)42(72-35(34)39(62)63)69-32-23(46-17(3)50)16(2)66-21(12-49)26(32)53;;/h5-9,15-16,20-35,40-42,49,52-57,73H,10-14H2,1-4H3,(H,44,59)(H,45,64)(H,46,50)(H,47,51)(H,48,58)(H,60,61)(H,62,63);;/q;2*+1/p-2/t15-,16-,20+,21?,22?,23?,24?,25-,26+,27+,28+,29?,30?,31?,32+,33+,34-,35?,40-,41-,42+;;/m0../s1. The minimum atomic E-state index is -2.44. The molecule has 0 radical (unpaired) electrons. The molecule has 410 valence electrons. The van der Waals surface area contributed by atoms with Crippen molar-refractivity contribution in [2.75, 3.05) is 32.1 Å². The zero-order valence-electron chi connectivity index (χ0n) is 41.6. The minimum Gasteiger partial charge on any atom is -0.547 e. The van der Waals surface area contributed by atoms with Crippen LogP contribution in [0.4, 0.5) is 4.79 Å². The SMILES string of the molecule is CC(=O)NC1[C@H](O[C@@H]2C(C(=O)[O-])O[C@@H](O[C@@H]3C(NC(C)=O)[C@H](C)OC(CO)[C@H]3O)C(O)[C@H]2O)OC(COC(=O)NCCNC(=O)[C@@H](CS)NC(=O)c2ccccc2)[C@@H](O)[C@@H]1O[C@@H]1OC(C(=O)[O-])[C@@H](C)[C@H](O)C1O.[Na+].[Na+]. The largest absolute Gasteiger partial charge is 1.00 e. The van der Waals surface area contributed by atoms with E-state index in [4.69, 9.17) is 37.9 Å². The van der Waals surface area contributed by atoms with Gasteiger partial charge in [0.1, 0.15) is 91.9 Å². The van der Waals surface area contributed by atoms with E-state index in [0.29, 0.717) is 5.56 Å². The van der Waals surface area contributed by atoms with Gasteiger partial charge in [0.05, 0.1) is 36.8 Å². The minimum absolute atomic E-state index is 0. The van der Waals surface area contributed by atoms with Gasteiger partial charge in [0.25, 0.3) is 5.91 Å². The van der Waals surface area contributed by atoms with Gasteiger partial charge >= 0.3 is 65.2 Å². The predicted octanol–water partition coefficient (Wildman–Crippen LogP) is -15.0. The van der Waals surface area contributed by atoms with Crippen molar-refractivity contribution in [2.45, 2.75) is 150 Å². The summed E-state index contributed by atoms with van der Waals surface area (Å²) in [6, 6.07) is 3.89. The Kier molecular flexibility index (Phi) is 27.0. The summed E-state index contributed by atoms with van der Waals surface area (Å²) in [6.07, 6.45) is -34.3. The Labute approximate surface area is 478 Å². The van der Waals surface area contributed by atoms with Gasteiger partial charge in [-0.3, -0.25) is 19.2 Å². The Morgan fingerprint density at radius 1 is 0.653 bits per heavy atom. The number of carbonyl (C=O) groups is 7. The molecule has 21 atom stereocenters. The van der Waals surface area contributed by atoms with Gasteiger partial charge in [-0.2, -0.15) is 12.6 Å². The maximum atomic E-state index is 12.9. The monoisotopic (exact) mass is 1110 g/mol. The maximum absolute atomic E-state index is 12.9. The van der Waals surface area contributed by atoms with Crippen molar-refractivity contribution in [3.8, 4) is 0 Å². The number of carbonyl (C=O) groups excluding carboxylic acids is 7. The number of aliphatic hydroxyl groups excluding tert-OH is 7. The third-order valence-corrected chi connectivity index (χ3v) is 12.6. The van der Waals surface area contributed by atoms with E-state index < -0.39 is 183 Å². The summed E-state index contributed by atoms with van der Waals surface area (Å²) in [6.45, 7) is 2.57. The Hall–Kier alpha value is -2.90. The Balaban J connectivity index is 0.00000741. The molecule has 4 aliphatic rings. The molecule has 0 aromatic heterocycles. The molecular formula is C43H61N5Na2O24S. The Morgan fingerprint density at radius 3 is 1.73 bits per heavy atom. The molecule has 0 saturated carbocycles. The molecule has 75 heavy (non-hydrogen) atoms. The van der Waals surface area contributed by atoms with E-state index >= 15 is 0 Å². The van der Waals surface area contributed by atoms with Crippen LogP contribution in [-0.4, -0.2) is 232 Å². The van der Waals surface area contributed by atoms with Crippen molar-refractivity contribution in [3.05, 3.63) is 35.9 Å². The molecule has 0 bridgehead atoms. The number of aliphatic hydroxyl groups is 7. The molecule has 4 fully saturated rings. The normalized spacial score (nSPS) is 35.9. The second-order valence-electron chi connectivity index (χ2n) is 17.5. The molecule has 0 aliphatic carbocycles. The van der Waals surface area contributed by atoms with Crippen LogP contribution < -0.4 is 95.9 Å². The second-order valence-corrected chi connectivity index (χ2v) is 17.9. The number of alkyl carbamates (subject to hydrolysis) is 1. The number of hydrogen-bond acceptors (Lipinski definition) is 25. The van der Waals surface area contributed by atoms with Gasteiger partial charge in [0, 0.05) is 44.2 Å². The van der Waals surface area contributed by atoms with E-state index in [-0.39, 0.29) is 78.0 Å². The fourth-order valence-electron chi connectivity index (χ4n) is 8.45. The van der Waals surface area contributed by atoms with Gasteiger partial charge in [-0.15, -0.1) is 0 Å². The third kappa shape index (κ3) is 17.1. The molecule has 12 N–H and O–H groups in total. The molecule has 4 heterocycles. The first-order valence-corrected chi connectivity index (χ1v) is 23.5. The third-order valence-electron chi connectivity index (χ3n) is 12.3. The number of carboxylic acid groups (broad SMARTS) is 2. The number of aliphatic carboxylic acids is 2. The average Bonchev–Trinajstić information content (AvgIpc) is 3.34. The summed E-state index contributed by atoms with van der Waals surface area (Å²) < 4.78 is 45.2. The van der Waals surface area contributed by atoms with Gasteiger partial charge in [-0.25, -0.2) is 4.79 Å². The molecule has 29 nitrogen and oxygen atoms in total. The molecule has 1 aromatic rings. The molecule has 4 aliphatic heterocycles. The number of rotatable bonds is 20. The van der Waals surface area contributed by atoms with Crippen molar-refractivity contribution >= 4 is 54.3 Å². The molecule has 32 heteroatoms. The number of amides is 5. The number of thiol groups is 1. The number of carboxylic acids is 2. The van der Waals surface area contributed by atoms with Gasteiger partial charge in [0.15, 0.2) is 18.9 Å². The predicted molar refractivity (Wildman–Crippen MR) is 236 cm³/mol. The van der Waals surface area contributed by atoms with Gasteiger partial charge in [0.2, 0.25) is 17.7 Å². The van der Waals surface area contributed by atoms with Gasteiger partial charge < -0.3 is 120 Å². The summed E-state index contributed by atoms with van der Waals surface area (Å²) in [5.41, 5.74) is 0.291. The number of benzene rings is 1. The topological polar surface area (TPSA) is 441 Å². The fourth-order valence-corrected chi connectivity index (χ4v) is 8.71. The fraction of sp³-hybridized carbons (Fsp3) is 0.698. The maximum Gasteiger partial charge on any atom is 1.00 e. The molecular weight excluding hydrogens is 1050 g/mol. The van der Waals surface area contributed by atoms with E-state index in [1.165, 1.54) is 26.0 Å². The number of hydrogen-bond donors (Lipinski definition) is 13. The van der Waals surface area contributed by atoms with Crippen molar-refractivity contribution in [3.63, 3.8) is 0 Å². The molecule has 0 spiro atoms. The van der Waals surface area contributed by atoms with E-state index in [9.17, 15) is 79.5 Å². The van der Waals surface area contributed by atoms with E-state index in [1.807, 2.05) is 0 Å². The van der Waals surface area contributed by atoms with E-state index in [1.54, 1.807) is 18.2 Å². The van der Waals surface area contributed by atoms with Crippen LogP contribution >= 0.6 is 12.6 Å². The Bertz CT molecular complexity index is 2080. The van der Waals surface area contributed by atoms with Gasteiger partial charge in [-0.1, -0.05) is 25.1 Å². The van der Waals surface area contributed by atoms with E-state index in [2.05, 4.69) is 39.2 Å². The summed E-state index contributed by atoms with van der Waals surface area (Å²) in [7, 11) is 0. The molecule has 5 amide bonds. The van der Waals surface area contributed by atoms with Crippen molar-refractivity contribution < 1.29 is 177 Å². The smallest absolute Gasteiger partial charge is 0.547 e. The Morgan fingerprint density at radius 2 is 1.17 bits per heavy atom.